The van der Waals surface area contributed by atoms with Crippen molar-refractivity contribution in [3.05, 3.63) is 46.9 Å². The van der Waals surface area contributed by atoms with Crippen LogP contribution in [0.3, 0.4) is 0 Å². The number of aryl methyl sites for hydroxylation is 2. The van der Waals surface area contributed by atoms with E-state index in [0.29, 0.717) is 5.69 Å². The first kappa shape index (κ1) is 18.9. The van der Waals surface area contributed by atoms with Crippen molar-refractivity contribution in [2.75, 3.05) is 26.2 Å². The molecule has 28 heavy (non-hydrogen) atoms. The molecule has 4 rings (SSSR count). The maximum absolute atomic E-state index is 13.0. The predicted octanol–water partition coefficient (Wildman–Crippen LogP) is 2.54. The molecule has 0 unspecified atom stereocenters. The zero-order valence-corrected chi connectivity index (χ0v) is 17.4. The van der Waals surface area contributed by atoms with Crippen LogP contribution in [0.25, 0.3) is 10.7 Å². The van der Waals surface area contributed by atoms with E-state index < -0.39 is 0 Å². The van der Waals surface area contributed by atoms with Crippen LogP contribution in [0.15, 0.2) is 29.9 Å². The highest BCUT2D eigenvalue weighted by Crippen LogP contribution is 2.26. The first-order chi connectivity index (χ1) is 13.5. The Morgan fingerprint density at radius 3 is 2.75 bits per heavy atom. The summed E-state index contributed by atoms with van der Waals surface area (Å²) in [6.45, 7) is 6.31. The number of rotatable bonds is 4. The maximum Gasteiger partial charge on any atom is 0.273 e. The van der Waals surface area contributed by atoms with Crippen molar-refractivity contribution in [3.8, 4) is 10.7 Å². The van der Waals surface area contributed by atoms with E-state index in [1.54, 1.807) is 0 Å². The molecule has 0 atom stereocenters. The van der Waals surface area contributed by atoms with Crippen molar-refractivity contribution in [2.45, 2.75) is 19.9 Å². The number of thiazole rings is 1. The van der Waals surface area contributed by atoms with Crippen LogP contribution in [0, 0.1) is 6.92 Å². The van der Waals surface area contributed by atoms with Gasteiger partial charge in [0.1, 0.15) is 10.7 Å². The smallest absolute Gasteiger partial charge is 0.273 e. The standard InChI is InChI=1S/C20H26N6OS/c1-15-5-6-18(24(15)3)19-22-17(14-28-19)20(27)26-8-4-7-25(9-10-26)13-16-11-21-23(2)12-16/h5-6,11-12,14H,4,7-10,13H2,1-3H3. The molecule has 3 aromatic rings. The van der Waals surface area contributed by atoms with Crippen LogP contribution in [-0.4, -0.2) is 61.2 Å². The Morgan fingerprint density at radius 1 is 1.18 bits per heavy atom. The molecule has 1 aliphatic rings. The summed E-state index contributed by atoms with van der Waals surface area (Å²) in [5.41, 5.74) is 4.00. The molecule has 8 heteroatoms. The van der Waals surface area contributed by atoms with Crippen LogP contribution < -0.4 is 0 Å². The van der Waals surface area contributed by atoms with Gasteiger partial charge >= 0.3 is 0 Å². The molecule has 7 nitrogen and oxygen atoms in total. The van der Waals surface area contributed by atoms with Crippen molar-refractivity contribution < 1.29 is 4.79 Å². The van der Waals surface area contributed by atoms with Crippen LogP contribution in [0.4, 0.5) is 0 Å². The van der Waals surface area contributed by atoms with Crippen molar-refractivity contribution in [2.24, 2.45) is 14.1 Å². The number of nitrogens with zero attached hydrogens (tertiary/aromatic N) is 6. The quantitative estimate of drug-likeness (QED) is 0.678. The van der Waals surface area contributed by atoms with E-state index in [1.807, 2.05) is 35.3 Å². The molecule has 1 saturated heterocycles. The van der Waals surface area contributed by atoms with E-state index in [-0.39, 0.29) is 5.91 Å². The van der Waals surface area contributed by atoms with E-state index in [1.165, 1.54) is 22.6 Å². The van der Waals surface area contributed by atoms with Crippen LogP contribution in [-0.2, 0) is 20.6 Å². The van der Waals surface area contributed by atoms with Crippen molar-refractivity contribution in [1.29, 1.82) is 0 Å². The van der Waals surface area contributed by atoms with Gasteiger partial charge in [-0.05, 0) is 25.5 Å². The summed E-state index contributed by atoms with van der Waals surface area (Å²) in [6.07, 6.45) is 4.94. The van der Waals surface area contributed by atoms with Crippen LogP contribution in [0.5, 0.6) is 0 Å². The summed E-state index contributed by atoms with van der Waals surface area (Å²) in [7, 11) is 3.96. The zero-order valence-electron chi connectivity index (χ0n) is 16.6. The minimum absolute atomic E-state index is 0.0386. The molecule has 148 valence electrons. The topological polar surface area (TPSA) is 59.2 Å². The highest BCUT2D eigenvalue weighted by Gasteiger charge is 2.23. The Kier molecular flexibility index (Phi) is 5.32. The van der Waals surface area contributed by atoms with Gasteiger partial charge in [0.25, 0.3) is 5.91 Å². The van der Waals surface area contributed by atoms with E-state index in [2.05, 4.69) is 44.8 Å². The SMILES string of the molecule is Cc1ccc(-c2nc(C(=O)N3CCCN(Cc4cnn(C)c4)CC3)cs2)n1C. The maximum atomic E-state index is 13.0. The summed E-state index contributed by atoms with van der Waals surface area (Å²) in [5.74, 6) is 0.0386. The molecule has 3 aromatic heterocycles. The predicted molar refractivity (Wildman–Crippen MR) is 110 cm³/mol. The van der Waals surface area contributed by atoms with Gasteiger partial charge < -0.3 is 9.47 Å². The molecule has 0 N–H and O–H groups in total. The van der Waals surface area contributed by atoms with Gasteiger partial charge in [-0.3, -0.25) is 14.4 Å². The molecule has 1 aliphatic heterocycles. The largest absolute Gasteiger partial charge is 0.346 e. The van der Waals surface area contributed by atoms with E-state index >= 15 is 0 Å². The zero-order chi connectivity index (χ0) is 19.7. The number of hydrogen-bond donors (Lipinski definition) is 0. The van der Waals surface area contributed by atoms with Crippen molar-refractivity contribution in [3.63, 3.8) is 0 Å². The normalized spacial score (nSPS) is 15.8. The highest BCUT2D eigenvalue weighted by molar-refractivity contribution is 7.13. The lowest BCUT2D eigenvalue weighted by Crippen LogP contribution is -2.35. The van der Waals surface area contributed by atoms with Crippen molar-refractivity contribution in [1.82, 2.24) is 29.1 Å². The van der Waals surface area contributed by atoms with Crippen LogP contribution >= 0.6 is 11.3 Å². The first-order valence-electron chi connectivity index (χ1n) is 9.58. The average Bonchev–Trinajstić information content (AvgIpc) is 3.34. The third-order valence-electron chi connectivity index (χ3n) is 5.36. The summed E-state index contributed by atoms with van der Waals surface area (Å²) in [5, 5.41) is 7.02. The Morgan fingerprint density at radius 2 is 2.04 bits per heavy atom. The number of aromatic nitrogens is 4. The molecule has 0 bridgehead atoms. The second-order valence-electron chi connectivity index (χ2n) is 7.40. The third-order valence-corrected chi connectivity index (χ3v) is 6.22. The number of hydrogen-bond acceptors (Lipinski definition) is 5. The second kappa shape index (κ2) is 7.89. The molecule has 1 amide bonds. The molecule has 4 heterocycles. The number of carbonyl (C=O) groups is 1. The molecule has 0 spiro atoms. The number of carbonyl (C=O) groups excluding carboxylic acids is 1. The molecule has 1 fully saturated rings. The Balaban J connectivity index is 1.40. The van der Waals surface area contributed by atoms with Gasteiger partial charge in [-0.15, -0.1) is 11.3 Å². The fourth-order valence-electron chi connectivity index (χ4n) is 3.62. The minimum atomic E-state index is 0.0386. The fraction of sp³-hybridized carbons (Fsp3) is 0.450. The third kappa shape index (κ3) is 3.88. The second-order valence-corrected chi connectivity index (χ2v) is 8.26. The summed E-state index contributed by atoms with van der Waals surface area (Å²) in [4.78, 5) is 22.0. The number of amides is 1. The van der Waals surface area contributed by atoms with Crippen molar-refractivity contribution >= 4 is 17.2 Å². The van der Waals surface area contributed by atoms with E-state index in [0.717, 1.165) is 49.8 Å². The molecule has 0 saturated carbocycles. The van der Waals surface area contributed by atoms with Gasteiger partial charge in [0.2, 0.25) is 0 Å². The Bertz CT molecular complexity index is 971. The molecular formula is C20H26N6OS. The highest BCUT2D eigenvalue weighted by atomic mass is 32.1. The molecule has 0 radical (unpaired) electrons. The lowest BCUT2D eigenvalue weighted by molar-refractivity contribution is 0.0756. The first-order valence-corrected chi connectivity index (χ1v) is 10.5. The van der Waals surface area contributed by atoms with Crippen LogP contribution in [0.1, 0.15) is 28.2 Å². The monoisotopic (exact) mass is 398 g/mol. The summed E-state index contributed by atoms with van der Waals surface area (Å²) < 4.78 is 3.94. The summed E-state index contributed by atoms with van der Waals surface area (Å²) >= 11 is 1.53. The van der Waals surface area contributed by atoms with Gasteiger partial charge in [0.05, 0.1) is 11.9 Å². The summed E-state index contributed by atoms with van der Waals surface area (Å²) in [6, 6.07) is 4.13. The minimum Gasteiger partial charge on any atom is -0.346 e. The van der Waals surface area contributed by atoms with E-state index in [9.17, 15) is 4.79 Å². The Hall–Kier alpha value is -2.45. The average molecular weight is 399 g/mol. The van der Waals surface area contributed by atoms with Gasteiger partial charge in [-0.25, -0.2) is 4.98 Å². The molecule has 0 aliphatic carbocycles. The lowest BCUT2D eigenvalue weighted by atomic mass is 10.3. The Labute approximate surface area is 169 Å². The fourth-order valence-corrected chi connectivity index (χ4v) is 4.48. The molecule has 0 aromatic carbocycles. The lowest BCUT2D eigenvalue weighted by Gasteiger charge is -2.21. The van der Waals surface area contributed by atoms with Gasteiger partial charge in [0, 0.05) is 69.7 Å². The van der Waals surface area contributed by atoms with E-state index in [4.69, 9.17) is 0 Å². The van der Waals surface area contributed by atoms with Gasteiger partial charge in [-0.1, -0.05) is 0 Å². The van der Waals surface area contributed by atoms with Gasteiger partial charge in [0.15, 0.2) is 0 Å². The van der Waals surface area contributed by atoms with Crippen LogP contribution in [0.2, 0.25) is 0 Å². The van der Waals surface area contributed by atoms with Gasteiger partial charge in [-0.2, -0.15) is 5.10 Å². The molecular weight excluding hydrogens is 372 g/mol.